The van der Waals surface area contributed by atoms with Crippen molar-refractivity contribution >= 4 is 28.2 Å². The number of aryl methyl sites for hydroxylation is 1. The topological polar surface area (TPSA) is 55.4 Å². The standard InChI is InChI=1S/C17H15F2NO3S/c1-2-23-17(22)13-9-5-3-8-12(9)24-16(13)20-15(21)14-10(18)6-4-7-11(14)19/h4,6-7H,2-3,5,8H2,1H3,(H,20,21). The van der Waals surface area contributed by atoms with Crippen LogP contribution in [-0.2, 0) is 17.6 Å². The Morgan fingerprint density at radius 2 is 1.92 bits per heavy atom. The summed E-state index contributed by atoms with van der Waals surface area (Å²) in [5.74, 6) is -3.35. The van der Waals surface area contributed by atoms with Gasteiger partial charge in [-0.15, -0.1) is 11.3 Å². The SMILES string of the molecule is CCOC(=O)c1c(NC(=O)c2c(F)cccc2F)sc2c1CCC2. The van der Waals surface area contributed by atoms with Crippen LogP contribution in [0.1, 0.15) is 44.5 Å². The Labute approximate surface area is 141 Å². The minimum absolute atomic E-state index is 0.207. The van der Waals surface area contributed by atoms with Crippen LogP contribution < -0.4 is 5.32 Å². The average Bonchev–Trinajstić information content (AvgIpc) is 3.07. The molecule has 0 bridgehead atoms. The first-order valence-corrected chi connectivity index (χ1v) is 8.41. The Morgan fingerprint density at radius 3 is 2.58 bits per heavy atom. The minimum Gasteiger partial charge on any atom is -0.462 e. The monoisotopic (exact) mass is 351 g/mol. The summed E-state index contributed by atoms with van der Waals surface area (Å²) in [4.78, 5) is 25.5. The number of halogens is 2. The van der Waals surface area contributed by atoms with E-state index in [4.69, 9.17) is 4.74 Å². The fourth-order valence-corrected chi connectivity index (χ4v) is 4.06. The highest BCUT2D eigenvalue weighted by Gasteiger charge is 2.29. The molecule has 2 aromatic rings. The summed E-state index contributed by atoms with van der Waals surface area (Å²) in [6, 6.07) is 3.21. The fourth-order valence-electron chi connectivity index (χ4n) is 2.79. The number of carbonyl (C=O) groups excluding carboxylic acids is 2. The van der Waals surface area contributed by atoms with Gasteiger partial charge in [-0.1, -0.05) is 6.07 Å². The number of thiophene rings is 1. The van der Waals surface area contributed by atoms with Crippen LogP contribution in [0.2, 0.25) is 0 Å². The van der Waals surface area contributed by atoms with Gasteiger partial charge in [0.1, 0.15) is 22.2 Å². The Balaban J connectivity index is 1.96. The summed E-state index contributed by atoms with van der Waals surface area (Å²) in [5, 5.41) is 2.76. The van der Waals surface area contributed by atoms with Gasteiger partial charge in [-0.05, 0) is 43.9 Å². The summed E-state index contributed by atoms with van der Waals surface area (Å²) in [6.45, 7) is 1.90. The second-order valence-electron chi connectivity index (χ2n) is 5.33. The molecule has 0 saturated carbocycles. The average molecular weight is 351 g/mol. The number of esters is 1. The molecule has 1 aliphatic rings. The Kier molecular flexibility index (Phi) is 4.62. The van der Waals surface area contributed by atoms with Crippen molar-refractivity contribution < 1.29 is 23.1 Å². The lowest BCUT2D eigenvalue weighted by atomic mass is 10.1. The summed E-state index contributed by atoms with van der Waals surface area (Å²) in [6.07, 6.45) is 2.48. The van der Waals surface area contributed by atoms with Crippen LogP contribution in [-0.4, -0.2) is 18.5 Å². The summed E-state index contributed by atoms with van der Waals surface area (Å²) >= 11 is 1.26. The van der Waals surface area contributed by atoms with E-state index < -0.39 is 29.1 Å². The number of carbonyl (C=O) groups is 2. The molecule has 1 aliphatic carbocycles. The molecule has 0 saturated heterocycles. The maximum atomic E-state index is 13.8. The van der Waals surface area contributed by atoms with E-state index in [1.54, 1.807) is 6.92 Å². The quantitative estimate of drug-likeness (QED) is 0.849. The van der Waals surface area contributed by atoms with Crippen molar-refractivity contribution in [2.24, 2.45) is 0 Å². The van der Waals surface area contributed by atoms with Crippen LogP contribution in [0, 0.1) is 11.6 Å². The number of rotatable bonds is 4. The second kappa shape index (κ2) is 6.68. The molecule has 24 heavy (non-hydrogen) atoms. The third-order valence-corrected chi connectivity index (χ3v) is 5.02. The van der Waals surface area contributed by atoms with Crippen LogP contribution >= 0.6 is 11.3 Å². The van der Waals surface area contributed by atoms with E-state index in [9.17, 15) is 18.4 Å². The zero-order valence-electron chi connectivity index (χ0n) is 12.9. The van der Waals surface area contributed by atoms with Gasteiger partial charge in [-0.2, -0.15) is 0 Å². The van der Waals surface area contributed by atoms with Gasteiger partial charge < -0.3 is 10.1 Å². The number of fused-ring (bicyclic) bond motifs is 1. The third kappa shape index (κ3) is 2.91. The highest BCUT2D eigenvalue weighted by atomic mass is 32.1. The number of ether oxygens (including phenoxy) is 1. The maximum Gasteiger partial charge on any atom is 0.341 e. The van der Waals surface area contributed by atoms with Crippen LogP contribution in [0.25, 0.3) is 0 Å². The Hall–Kier alpha value is -2.28. The third-order valence-electron chi connectivity index (χ3n) is 3.82. The van der Waals surface area contributed by atoms with Crippen molar-refractivity contribution in [1.82, 2.24) is 0 Å². The fraction of sp³-hybridized carbons (Fsp3) is 0.294. The van der Waals surface area contributed by atoms with E-state index in [0.717, 1.165) is 41.8 Å². The molecule has 0 atom stereocenters. The maximum absolute atomic E-state index is 13.8. The van der Waals surface area contributed by atoms with Crippen molar-refractivity contribution in [2.45, 2.75) is 26.2 Å². The molecule has 1 N–H and O–H groups in total. The molecule has 1 aromatic heterocycles. The molecule has 0 fully saturated rings. The van der Waals surface area contributed by atoms with Gasteiger partial charge in [0, 0.05) is 4.88 Å². The van der Waals surface area contributed by atoms with Crippen molar-refractivity contribution in [3.05, 3.63) is 51.4 Å². The molecule has 0 spiro atoms. The van der Waals surface area contributed by atoms with Crippen LogP contribution in [0.3, 0.4) is 0 Å². The molecular formula is C17H15F2NO3S. The first-order valence-electron chi connectivity index (χ1n) is 7.60. The molecule has 1 amide bonds. The normalized spacial score (nSPS) is 12.8. The highest BCUT2D eigenvalue weighted by Crippen LogP contribution is 2.39. The van der Waals surface area contributed by atoms with Crippen LogP contribution in [0.4, 0.5) is 13.8 Å². The number of amides is 1. The van der Waals surface area contributed by atoms with Crippen molar-refractivity contribution in [1.29, 1.82) is 0 Å². The van der Waals surface area contributed by atoms with E-state index in [1.807, 2.05) is 0 Å². The van der Waals surface area contributed by atoms with Crippen molar-refractivity contribution in [3.63, 3.8) is 0 Å². The Morgan fingerprint density at radius 1 is 1.21 bits per heavy atom. The predicted molar refractivity (Wildman–Crippen MR) is 86.6 cm³/mol. The minimum atomic E-state index is -0.950. The molecule has 126 valence electrons. The molecule has 0 unspecified atom stereocenters. The molecule has 1 heterocycles. The number of nitrogens with one attached hydrogen (secondary N) is 1. The number of hydrogen-bond acceptors (Lipinski definition) is 4. The predicted octanol–water partition coefficient (Wildman–Crippen LogP) is 3.94. The Bertz CT molecular complexity index is 796. The van der Waals surface area contributed by atoms with Gasteiger partial charge >= 0.3 is 5.97 Å². The van der Waals surface area contributed by atoms with E-state index in [-0.39, 0.29) is 11.6 Å². The zero-order valence-corrected chi connectivity index (χ0v) is 13.8. The van der Waals surface area contributed by atoms with E-state index in [2.05, 4.69) is 5.32 Å². The second-order valence-corrected chi connectivity index (χ2v) is 6.44. The van der Waals surface area contributed by atoms with Gasteiger partial charge in [0.05, 0.1) is 12.2 Å². The largest absolute Gasteiger partial charge is 0.462 e. The number of hydrogen-bond donors (Lipinski definition) is 1. The summed E-state index contributed by atoms with van der Waals surface area (Å²) in [7, 11) is 0. The van der Waals surface area contributed by atoms with Crippen molar-refractivity contribution in [2.75, 3.05) is 11.9 Å². The van der Waals surface area contributed by atoms with Gasteiger partial charge in [-0.25, -0.2) is 13.6 Å². The van der Waals surface area contributed by atoms with Gasteiger partial charge in [-0.3, -0.25) is 4.79 Å². The van der Waals surface area contributed by atoms with E-state index in [0.29, 0.717) is 5.56 Å². The first-order chi connectivity index (χ1) is 11.5. The molecule has 3 rings (SSSR count). The lowest BCUT2D eigenvalue weighted by Crippen LogP contribution is -2.17. The van der Waals surface area contributed by atoms with Crippen LogP contribution in [0.15, 0.2) is 18.2 Å². The van der Waals surface area contributed by atoms with Crippen LogP contribution in [0.5, 0.6) is 0 Å². The number of benzene rings is 1. The molecule has 0 radical (unpaired) electrons. The molecule has 4 nitrogen and oxygen atoms in total. The molecule has 7 heteroatoms. The zero-order chi connectivity index (χ0) is 17.3. The lowest BCUT2D eigenvalue weighted by molar-refractivity contribution is 0.0527. The molecular weight excluding hydrogens is 336 g/mol. The van der Waals surface area contributed by atoms with E-state index >= 15 is 0 Å². The van der Waals surface area contributed by atoms with Gasteiger partial charge in [0.25, 0.3) is 5.91 Å². The lowest BCUT2D eigenvalue weighted by Gasteiger charge is -2.09. The van der Waals surface area contributed by atoms with Gasteiger partial charge in [0.2, 0.25) is 0 Å². The molecule has 0 aliphatic heterocycles. The van der Waals surface area contributed by atoms with E-state index in [1.165, 1.54) is 17.4 Å². The summed E-state index contributed by atoms with van der Waals surface area (Å²) in [5.41, 5.74) is 0.503. The smallest absolute Gasteiger partial charge is 0.341 e. The first kappa shape index (κ1) is 16.6. The van der Waals surface area contributed by atoms with Crippen molar-refractivity contribution in [3.8, 4) is 0 Å². The molecule has 1 aromatic carbocycles. The number of anilines is 1. The highest BCUT2D eigenvalue weighted by molar-refractivity contribution is 7.17. The summed E-state index contributed by atoms with van der Waals surface area (Å²) < 4.78 is 32.6. The van der Waals surface area contributed by atoms with Gasteiger partial charge in [0.15, 0.2) is 0 Å².